The molecule has 54 heavy (non-hydrogen) atoms. The fourth-order valence-corrected chi connectivity index (χ4v) is 5.25. The van der Waals surface area contributed by atoms with Crippen molar-refractivity contribution >= 4 is 11.6 Å². The van der Waals surface area contributed by atoms with E-state index in [1.807, 2.05) is 72.7 Å². The standard InChI is InChI=1S/C42H68N2O10/c1-27(43)20-49-22-29(3)51-24-31(5)53-26-33(7)54-25-32(6)52-23-30(4)50-21-28(2)44-38(34-12-16-36(17-13-34)39(45)41(8,9)47)35-14-18-37(19-15-35)40(46)42(10,11)48/h12-19,27-33,38,44,47-48H,20-26,43H2,1-11H3. The van der Waals surface area contributed by atoms with Crippen LogP contribution in [0.4, 0.5) is 0 Å². The Balaban J connectivity index is 1.86. The van der Waals surface area contributed by atoms with E-state index < -0.39 is 11.2 Å². The van der Waals surface area contributed by atoms with Crippen LogP contribution in [-0.4, -0.2) is 122 Å². The van der Waals surface area contributed by atoms with Crippen molar-refractivity contribution in [3.63, 3.8) is 0 Å². The summed E-state index contributed by atoms with van der Waals surface area (Å²) in [4.78, 5) is 25.3. The second kappa shape index (κ2) is 22.8. The maximum Gasteiger partial charge on any atom is 0.193 e. The summed E-state index contributed by atoms with van der Waals surface area (Å²) in [5.41, 5.74) is 5.32. The molecular weight excluding hydrogens is 692 g/mol. The zero-order valence-corrected chi connectivity index (χ0v) is 34.4. The van der Waals surface area contributed by atoms with Gasteiger partial charge in [0.15, 0.2) is 11.6 Å². The Bertz CT molecular complexity index is 1300. The molecule has 12 heteroatoms. The first-order valence-corrected chi connectivity index (χ1v) is 19.1. The van der Waals surface area contributed by atoms with Crippen LogP contribution in [0.15, 0.2) is 48.5 Å². The van der Waals surface area contributed by atoms with Crippen LogP contribution < -0.4 is 11.1 Å². The van der Waals surface area contributed by atoms with E-state index in [9.17, 15) is 19.8 Å². The summed E-state index contributed by atoms with van der Waals surface area (Å²) in [7, 11) is 0. The molecule has 0 saturated carbocycles. The number of nitrogens with one attached hydrogen (secondary N) is 1. The Morgan fingerprint density at radius 3 is 1.19 bits per heavy atom. The Morgan fingerprint density at radius 2 is 0.870 bits per heavy atom. The van der Waals surface area contributed by atoms with Crippen LogP contribution in [0.2, 0.25) is 0 Å². The summed E-state index contributed by atoms with van der Waals surface area (Å²) < 4.78 is 35.3. The third-order valence-corrected chi connectivity index (χ3v) is 8.40. The van der Waals surface area contributed by atoms with Gasteiger partial charge in [0.05, 0.1) is 82.8 Å². The van der Waals surface area contributed by atoms with Crippen molar-refractivity contribution in [2.45, 2.75) is 136 Å². The highest BCUT2D eigenvalue weighted by atomic mass is 16.6. The van der Waals surface area contributed by atoms with Gasteiger partial charge < -0.3 is 49.7 Å². The van der Waals surface area contributed by atoms with Crippen molar-refractivity contribution in [3.05, 3.63) is 70.8 Å². The highest BCUT2D eigenvalue weighted by Gasteiger charge is 2.27. The summed E-state index contributed by atoms with van der Waals surface area (Å²) in [6.45, 7) is 22.7. The summed E-state index contributed by atoms with van der Waals surface area (Å²) in [6, 6.07) is 13.8. The number of aliphatic hydroxyl groups is 2. The van der Waals surface area contributed by atoms with Gasteiger partial charge in [-0.15, -0.1) is 0 Å². The van der Waals surface area contributed by atoms with E-state index in [2.05, 4.69) is 5.32 Å². The number of carbonyl (C=O) groups is 2. The molecule has 2 aromatic carbocycles. The highest BCUT2D eigenvalue weighted by molar-refractivity contribution is 6.02. The molecule has 0 saturated heterocycles. The maximum absolute atomic E-state index is 12.6. The largest absolute Gasteiger partial charge is 0.382 e. The average Bonchev–Trinajstić information content (AvgIpc) is 3.11. The molecular formula is C42H68N2O10. The van der Waals surface area contributed by atoms with Gasteiger partial charge in [0.25, 0.3) is 0 Å². The van der Waals surface area contributed by atoms with Crippen molar-refractivity contribution in [2.24, 2.45) is 5.73 Å². The van der Waals surface area contributed by atoms with Gasteiger partial charge >= 0.3 is 0 Å². The van der Waals surface area contributed by atoms with Crippen LogP contribution in [-0.2, 0) is 28.4 Å². The average molecular weight is 761 g/mol. The molecule has 12 nitrogen and oxygen atoms in total. The molecule has 0 heterocycles. The van der Waals surface area contributed by atoms with Gasteiger partial charge in [-0.05, 0) is 87.3 Å². The van der Waals surface area contributed by atoms with Crippen LogP contribution in [0.25, 0.3) is 0 Å². The van der Waals surface area contributed by atoms with Gasteiger partial charge in [-0.2, -0.15) is 0 Å². The maximum atomic E-state index is 12.6. The minimum Gasteiger partial charge on any atom is -0.382 e. The number of ketones is 2. The molecule has 0 bridgehead atoms. The zero-order valence-electron chi connectivity index (χ0n) is 34.4. The topological polar surface area (TPSA) is 168 Å². The van der Waals surface area contributed by atoms with Gasteiger partial charge in [0.1, 0.15) is 11.2 Å². The lowest BCUT2D eigenvalue weighted by Crippen LogP contribution is -2.36. The van der Waals surface area contributed by atoms with Gasteiger partial charge in [0, 0.05) is 23.2 Å². The molecule has 2 rings (SSSR count). The minimum absolute atomic E-state index is 0.000586. The lowest BCUT2D eigenvalue weighted by atomic mass is 9.91. The molecule has 5 N–H and O–H groups in total. The van der Waals surface area contributed by atoms with Crippen molar-refractivity contribution in [1.29, 1.82) is 0 Å². The van der Waals surface area contributed by atoms with E-state index >= 15 is 0 Å². The molecule has 0 aliphatic heterocycles. The van der Waals surface area contributed by atoms with Crippen LogP contribution in [0, 0.1) is 0 Å². The van der Waals surface area contributed by atoms with Gasteiger partial charge in [-0.1, -0.05) is 48.5 Å². The summed E-state index contributed by atoms with van der Waals surface area (Å²) in [6.07, 6.45) is -0.569. The van der Waals surface area contributed by atoms with E-state index in [4.69, 9.17) is 34.2 Å². The van der Waals surface area contributed by atoms with Crippen LogP contribution in [0.1, 0.15) is 114 Å². The van der Waals surface area contributed by atoms with Crippen molar-refractivity contribution in [1.82, 2.24) is 5.32 Å². The second-order valence-electron chi connectivity index (χ2n) is 15.8. The van der Waals surface area contributed by atoms with E-state index in [1.54, 1.807) is 24.3 Å². The first-order chi connectivity index (χ1) is 25.2. The summed E-state index contributed by atoms with van der Waals surface area (Å²) in [5.74, 6) is -0.735. The Morgan fingerprint density at radius 1 is 0.556 bits per heavy atom. The van der Waals surface area contributed by atoms with Gasteiger partial charge in [-0.25, -0.2) is 0 Å². The first kappa shape index (κ1) is 47.5. The Hall–Kier alpha value is -2.62. The van der Waals surface area contributed by atoms with E-state index in [-0.39, 0.29) is 60.2 Å². The Kier molecular flexibility index (Phi) is 20.1. The second-order valence-corrected chi connectivity index (χ2v) is 15.8. The third-order valence-electron chi connectivity index (χ3n) is 8.40. The van der Waals surface area contributed by atoms with Crippen LogP contribution >= 0.6 is 0 Å². The smallest absolute Gasteiger partial charge is 0.193 e. The molecule has 0 aliphatic carbocycles. The number of hydrogen-bond donors (Lipinski definition) is 4. The van der Waals surface area contributed by atoms with Crippen molar-refractivity contribution in [3.8, 4) is 0 Å². The monoisotopic (exact) mass is 760 g/mol. The first-order valence-electron chi connectivity index (χ1n) is 19.1. The van der Waals surface area contributed by atoms with Crippen LogP contribution in [0.5, 0.6) is 0 Å². The normalized spacial score (nSPS) is 16.4. The molecule has 0 amide bonds. The number of rotatable bonds is 27. The number of nitrogens with two attached hydrogens (primary N) is 1. The highest BCUT2D eigenvalue weighted by Crippen LogP contribution is 2.26. The Labute approximate surface area is 323 Å². The molecule has 0 spiro atoms. The fourth-order valence-electron chi connectivity index (χ4n) is 5.25. The van der Waals surface area contributed by atoms with Gasteiger partial charge in [0.2, 0.25) is 0 Å². The molecule has 0 fully saturated rings. The number of hydrogen-bond acceptors (Lipinski definition) is 12. The molecule has 7 atom stereocenters. The van der Waals surface area contributed by atoms with E-state index in [0.717, 1.165) is 11.1 Å². The molecule has 0 aromatic heterocycles. The fraction of sp³-hybridized carbons (Fsp3) is 0.667. The van der Waals surface area contributed by atoms with Crippen LogP contribution in [0.3, 0.4) is 0 Å². The third kappa shape index (κ3) is 17.9. The minimum atomic E-state index is -1.49. The number of ether oxygens (including phenoxy) is 6. The number of carbonyl (C=O) groups excluding carboxylic acids is 2. The SMILES string of the molecule is CC(N)COCC(C)OCC(C)OCC(C)OCC(C)OCC(C)OCC(C)NC(c1ccc(C(=O)C(C)(C)O)cc1)c1ccc(C(=O)C(C)(C)O)cc1. The predicted octanol–water partition coefficient (Wildman–Crippen LogP) is 5.05. The summed E-state index contributed by atoms with van der Waals surface area (Å²) in [5, 5.41) is 24.0. The quantitative estimate of drug-likeness (QED) is 0.0897. The molecule has 7 unspecified atom stereocenters. The van der Waals surface area contributed by atoms with E-state index in [0.29, 0.717) is 57.4 Å². The molecule has 0 aliphatic rings. The van der Waals surface area contributed by atoms with Gasteiger partial charge in [-0.3, -0.25) is 9.59 Å². The predicted molar refractivity (Wildman–Crippen MR) is 210 cm³/mol. The summed E-state index contributed by atoms with van der Waals surface area (Å²) >= 11 is 0. The number of Topliss-reactive ketones (excluding diaryl/α,β-unsaturated/α-hetero) is 2. The zero-order chi connectivity index (χ0) is 40.6. The lowest BCUT2D eigenvalue weighted by molar-refractivity contribution is -0.0999. The van der Waals surface area contributed by atoms with Crippen molar-refractivity contribution < 1.29 is 48.2 Å². The molecule has 0 radical (unpaired) electrons. The van der Waals surface area contributed by atoms with E-state index in [1.165, 1.54) is 27.7 Å². The molecule has 306 valence electrons. The molecule has 2 aromatic rings. The number of benzene rings is 2. The van der Waals surface area contributed by atoms with Crippen molar-refractivity contribution in [2.75, 3.05) is 46.2 Å². The lowest BCUT2D eigenvalue weighted by Gasteiger charge is -2.26.